The second kappa shape index (κ2) is 7.61. The third kappa shape index (κ3) is 3.95. The van der Waals surface area contributed by atoms with Gasteiger partial charge in [-0.2, -0.15) is 0 Å². The standard InChI is InChI=1S/C21H19N3O2/c1-15(25)16-8-10-18(11-9-16)23-21(26)17-12-20(14-22-13-17)24(2)19-6-4-3-5-7-19/h3-14H,1-2H3,(H,23,26). The first-order chi connectivity index (χ1) is 12.5. The Morgan fingerprint density at radius 3 is 2.23 bits per heavy atom. The van der Waals surface area contributed by atoms with Gasteiger partial charge in [0.25, 0.3) is 5.91 Å². The summed E-state index contributed by atoms with van der Waals surface area (Å²) in [6.07, 6.45) is 3.24. The van der Waals surface area contributed by atoms with Crippen LogP contribution in [0.1, 0.15) is 27.6 Å². The fraction of sp³-hybridized carbons (Fsp3) is 0.0952. The van der Waals surface area contributed by atoms with Crippen molar-refractivity contribution >= 4 is 28.8 Å². The lowest BCUT2D eigenvalue weighted by Crippen LogP contribution is -2.15. The van der Waals surface area contributed by atoms with Gasteiger partial charge in [0.15, 0.2) is 5.78 Å². The first-order valence-electron chi connectivity index (χ1n) is 8.21. The van der Waals surface area contributed by atoms with Crippen molar-refractivity contribution < 1.29 is 9.59 Å². The Morgan fingerprint density at radius 1 is 0.885 bits per heavy atom. The van der Waals surface area contributed by atoms with Crippen LogP contribution in [0, 0.1) is 0 Å². The van der Waals surface area contributed by atoms with E-state index in [0.29, 0.717) is 16.8 Å². The van der Waals surface area contributed by atoms with Gasteiger partial charge < -0.3 is 10.2 Å². The van der Waals surface area contributed by atoms with Crippen molar-refractivity contribution in [3.05, 3.63) is 84.2 Å². The number of carbonyl (C=O) groups excluding carboxylic acids is 2. The summed E-state index contributed by atoms with van der Waals surface area (Å²) in [5, 5.41) is 2.82. The minimum atomic E-state index is -0.253. The number of carbonyl (C=O) groups is 2. The molecule has 0 atom stereocenters. The number of rotatable bonds is 5. The van der Waals surface area contributed by atoms with Gasteiger partial charge in [0.2, 0.25) is 0 Å². The van der Waals surface area contributed by atoms with E-state index in [1.807, 2.05) is 42.3 Å². The number of hydrogen-bond donors (Lipinski definition) is 1. The maximum atomic E-state index is 12.5. The van der Waals surface area contributed by atoms with Crippen LogP contribution < -0.4 is 10.2 Å². The molecule has 26 heavy (non-hydrogen) atoms. The maximum Gasteiger partial charge on any atom is 0.257 e. The highest BCUT2D eigenvalue weighted by atomic mass is 16.1. The smallest absolute Gasteiger partial charge is 0.257 e. The summed E-state index contributed by atoms with van der Waals surface area (Å²) in [5.74, 6) is -0.264. The predicted octanol–water partition coefficient (Wildman–Crippen LogP) is 4.30. The second-order valence-corrected chi connectivity index (χ2v) is 5.91. The quantitative estimate of drug-likeness (QED) is 0.700. The molecule has 3 rings (SSSR count). The van der Waals surface area contributed by atoms with Crippen molar-refractivity contribution in [1.82, 2.24) is 4.98 Å². The number of aromatic nitrogens is 1. The topological polar surface area (TPSA) is 62.3 Å². The van der Waals surface area contributed by atoms with Gasteiger partial charge in [-0.3, -0.25) is 14.6 Å². The summed E-state index contributed by atoms with van der Waals surface area (Å²) < 4.78 is 0. The van der Waals surface area contributed by atoms with Crippen molar-refractivity contribution in [3.8, 4) is 0 Å². The normalized spacial score (nSPS) is 10.2. The average Bonchev–Trinajstić information content (AvgIpc) is 2.68. The number of anilines is 3. The predicted molar refractivity (Wildman–Crippen MR) is 103 cm³/mol. The number of nitrogens with zero attached hydrogens (tertiary/aromatic N) is 2. The van der Waals surface area contributed by atoms with E-state index in [0.717, 1.165) is 11.4 Å². The molecule has 0 aliphatic rings. The SMILES string of the molecule is CC(=O)c1ccc(NC(=O)c2cncc(N(C)c3ccccc3)c2)cc1. The third-order valence-electron chi connectivity index (χ3n) is 4.07. The van der Waals surface area contributed by atoms with Gasteiger partial charge in [0, 0.05) is 30.2 Å². The Balaban J connectivity index is 1.77. The summed E-state index contributed by atoms with van der Waals surface area (Å²) >= 11 is 0. The van der Waals surface area contributed by atoms with E-state index < -0.39 is 0 Å². The fourth-order valence-corrected chi connectivity index (χ4v) is 2.53. The Kier molecular flexibility index (Phi) is 5.08. The summed E-state index contributed by atoms with van der Waals surface area (Å²) in [5.41, 5.74) is 3.52. The Hall–Kier alpha value is -3.47. The molecule has 5 nitrogen and oxygen atoms in total. The number of para-hydroxylation sites is 1. The van der Waals surface area contributed by atoms with Crippen LogP contribution in [0.4, 0.5) is 17.1 Å². The zero-order chi connectivity index (χ0) is 18.5. The molecule has 0 fully saturated rings. The van der Waals surface area contributed by atoms with Crippen molar-refractivity contribution in [2.45, 2.75) is 6.92 Å². The van der Waals surface area contributed by atoms with Crippen LogP contribution in [0.25, 0.3) is 0 Å². The fourth-order valence-electron chi connectivity index (χ4n) is 2.53. The first kappa shape index (κ1) is 17.4. The summed E-state index contributed by atoms with van der Waals surface area (Å²) in [6, 6.07) is 18.4. The third-order valence-corrected chi connectivity index (χ3v) is 4.07. The van der Waals surface area contributed by atoms with Gasteiger partial charge in [0.05, 0.1) is 17.4 Å². The molecule has 0 saturated carbocycles. The Morgan fingerprint density at radius 2 is 1.58 bits per heavy atom. The molecule has 0 radical (unpaired) electrons. The highest BCUT2D eigenvalue weighted by molar-refractivity contribution is 6.05. The summed E-state index contributed by atoms with van der Waals surface area (Å²) in [4.78, 5) is 30.0. The molecular formula is C21H19N3O2. The van der Waals surface area contributed by atoms with Gasteiger partial charge in [-0.15, -0.1) is 0 Å². The van der Waals surface area contributed by atoms with Crippen LogP contribution in [0.5, 0.6) is 0 Å². The maximum absolute atomic E-state index is 12.5. The monoisotopic (exact) mass is 345 g/mol. The zero-order valence-electron chi connectivity index (χ0n) is 14.6. The molecular weight excluding hydrogens is 326 g/mol. The molecule has 0 saturated heterocycles. The molecule has 130 valence electrons. The molecule has 0 bridgehead atoms. The lowest BCUT2D eigenvalue weighted by Gasteiger charge is -2.19. The second-order valence-electron chi connectivity index (χ2n) is 5.91. The number of pyridine rings is 1. The molecule has 1 heterocycles. The number of Topliss-reactive ketones (excluding diaryl/α,β-unsaturated/α-hetero) is 1. The van der Waals surface area contributed by atoms with Gasteiger partial charge in [-0.1, -0.05) is 18.2 Å². The van der Waals surface area contributed by atoms with E-state index in [2.05, 4.69) is 10.3 Å². The van der Waals surface area contributed by atoms with Crippen molar-refractivity contribution in [3.63, 3.8) is 0 Å². The van der Waals surface area contributed by atoms with Crippen LogP contribution in [-0.2, 0) is 0 Å². The van der Waals surface area contributed by atoms with Crippen LogP contribution in [0.15, 0.2) is 73.1 Å². The molecule has 0 unspecified atom stereocenters. The Bertz CT molecular complexity index is 922. The van der Waals surface area contributed by atoms with Gasteiger partial charge in [0.1, 0.15) is 0 Å². The van der Waals surface area contributed by atoms with Gasteiger partial charge >= 0.3 is 0 Å². The van der Waals surface area contributed by atoms with Crippen LogP contribution >= 0.6 is 0 Å². The molecule has 0 aliphatic heterocycles. The van der Waals surface area contributed by atoms with E-state index in [-0.39, 0.29) is 11.7 Å². The van der Waals surface area contributed by atoms with Crippen molar-refractivity contribution in [1.29, 1.82) is 0 Å². The molecule has 5 heteroatoms. The Labute approximate surface area is 152 Å². The molecule has 0 spiro atoms. The number of amides is 1. The van der Waals surface area contributed by atoms with Crippen molar-refractivity contribution in [2.75, 3.05) is 17.3 Å². The van der Waals surface area contributed by atoms with E-state index in [4.69, 9.17) is 0 Å². The van der Waals surface area contributed by atoms with Crippen LogP contribution in [0.2, 0.25) is 0 Å². The van der Waals surface area contributed by atoms with E-state index >= 15 is 0 Å². The van der Waals surface area contributed by atoms with E-state index in [1.54, 1.807) is 36.5 Å². The highest BCUT2D eigenvalue weighted by Gasteiger charge is 2.11. The van der Waals surface area contributed by atoms with Crippen LogP contribution in [0.3, 0.4) is 0 Å². The van der Waals surface area contributed by atoms with E-state index in [1.165, 1.54) is 13.1 Å². The van der Waals surface area contributed by atoms with Gasteiger partial charge in [-0.25, -0.2) is 0 Å². The molecule has 1 amide bonds. The minimum Gasteiger partial charge on any atom is -0.343 e. The number of ketones is 1. The minimum absolute atomic E-state index is 0.0104. The zero-order valence-corrected chi connectivity index (χ0v) is 14.6. The summed E-state index contributed by atoms with van der Waals surface area (Å²) in [7, 11) is 1.93. The van der Waals surface area contributed by atoms with Crippen LogP contribution in [-0.4, -0.2) is 23.7 Å². The molecule has 3 aromatic rings. The van der Waals surface area contributed by atoms with Gasteiger partial charge in [-0.05, 0) is 49.4 Å². The molecule has 1 aromatic heterocycles. The number of nitrogens with one attached hydrogen (secondary N) is 1. The average molecular weight is 345 g/mol. The van der Waals surface area contributed by atoms with Crippen molar-refractivity contribution in [2.24, 2.45) is 0 Å². The van der Waals surface area contributed by atoms with E-state index in [9.17, 15) is 9.59 Å². The lowest BCUT2D eigenvalue weighted by molar-refractivity contribution is 0.101. The molecule has 1 N–H and O–H groups in total. The largest absolute Gasteiger partial charge is 0.343 e. The lowest BCUT2D eigenvalue weighted by atomic mass is 10.1. The number of benzene rings is 2. The highest BCUT2D eigenvalue weighted by Crippen LogP contribution is 2.23. The molecule has 2 aromatic carbocycles. The summed E-state index contributed by atoms with van der Waals surface area (Å²) in [6.45, 7) is 1.51. The molecule has 0 aliphatic carbocycles. The first-order valence-corrected chi connectivity index (χ1v) is 8.21. The number of hydrogen-bond acceptors (Lipinski definition) is 4.